The predicted molar refractivity (Wildman–Crippen MR) is 80.0 cm³/mol. The first-order valence-corrected chi connectivity index (χ1v) is 8.23. The fourth-order valence-corrected chi connectivity index (χ4v) is 2.74. The Morgan fingerprint density at radius 1 is 1.26 bits per heavy atom. The van der Waals surface area contributed by atoms with E-state index in [-0.39, 0.29) is 0 Å². The minimum absolute atomic E-state index is 0.300. The molecule has 1 rings (SSSR count). The van der Waals surface area contributed by atoms with Gasteiger partial charge in [0.1, 0.15) is 0 Å². The van der Waals surface area contributed by atoms with Gasteiger partial charge >= 0.3 is 0 Å². The predicted octanol–water partition coefficient (Wildman–Crippen LogP) is 2.89. The second-order valence-electron chi connectivity index (χ2n) is 4.72. The van der Waals surface area contributed by atoms with Gasteiger partial charge in [-0.05, 0) is 44.5 Å². The molecule has 0 amide bonds. The Hall–Kier alpha value is -1.07. The fraction of sp³-hybridized carbons (Fsp3) is 0.571. The van der Waals surface area contributed by atoms with E-state index in [2.05, 4.69) is 23.9 Å². The number of aryl methyl sites for hydroxylation is 1. The molecular weight excluding hydrogens is 260 g/mol. The van der Waals surface area contributed by atoms with E-state index in [0.717, 1.165) is 30.5 Å². The van der Waals surface area contributed by atoms with E-state index in [1.54, 1.807) is 12.1 Å². The first kappa shape index (κ1) is 16.0. The molecule has 0 saturated carbocycles. The van der Waals surface area contributed by atoms with E-state index >= 15 is 0 Å². The molecule has 5 heteroatoms. The first-order chi connectivity index (χ1) is 8.94. The number of anilines is 1. The summed E-state index contributed by atoms with van der Waals surface area (Å²) in [5.74, 6) is 0. The molecule has 19 heavy (non-hydrogen) atoms. The molecule has 0 bridgehead atoms. The van der Waals surface area contributed by atoms with E-state index in [1.807, 2.05) is 13.0 Å². The standard InChI is InChI=1S/C14H24N2O2S/c1-5-7-12(6-2)16-14-10-13(9-8-11(14)3)19(17,18)15-4/h8-10,12,15-16H,5-7H2,1-4H3. The molecule has 0 aliphatic carbocycles. The summed E-state index contributed by atoms with van der Waals surface area (Å²) in [5.41, 5.74) is 1.96. The normalized spacial score (nSPS) is 13.3. The Morgan fingerprint density at radius 3 is 2.47 bits per heavy atom. The fourth-order valence-electron chi connectivity index (χ4n) is 1.99. The lowest BCUT2D eigenvalue weighted by molar-refractivity contribution is 0.588. The summed E-state index contributed by atoms with van der Waals surface area (Å²) in [7, 11) is -1.96. The molecule has 0 fully saturated rings. The van der Waals surface area contributed by atoms with Crippen LogP contribution in [0.15, 0.2) is 23.1 Å². The van der Waals surface area contributed by atoms with Gasteiger partial charge in [-0.2, -0.15) is 0 Å². The van der Waals surface area contributed by atoms with E-state index in [4.69, 9.17) is 0 Å². The first-order valence-electron chi connectivity index (χ1n) is 6.75. The minimum atomic E-state index is -3.38. The molecule has 0 spiro atoms. The molecule has 2 N–H and O–H groups in total. The Balaban J connectivity index is 3.04. The summed E-state index contributed by atoms with van der Waals surface area (Å²) in [5, 5.41) is 3.44. The number of nitrogens with one attached hydrogen (secondary N) is 2. The van der Waals surface area contributed by atoms with E-state index < -0.39 is 10.0 Å². The van der Waals surface area contributed by atoms with E-state index in [0.29, 0.717) is 10.9 Å². The maximum Gasteiger partial charge on any atom is 0.240 e. The number of hydrogen-bond donors (Lipinski definition) is 2. The molecule has 1 unspecified atom stereocenters. The molecule has 0 heterocycles. The average molecular weight is 284 g/mol. The topological polar surface area (TPSA) is 58.2 Å². The van der Waals surface area contributed by atoms with Gasteiger partial charge in [-0.15, -0.1) is 0 Å². The lowest BCUT2D eigenvalue weighted by atomic mass is 10.1. The number of sulfonamides is 1. The molecule has 4 nitrogen and oxygen atoms in total. The van der Waals surface area contributed by atoms with Crippen molar-refractivity contribution in [1.29, 1.82) is 0 Å². The third-order valence-corrected chi connectivity index (χ3v) is 4.69. The van der Waals surface area contributed by atoms with Crippen molar-refractivity contribution in [2.75, 3.05) is 12.4 Å². The third kappa shape index (κ3) is 4.21. The van der Waals surface area contributed by atoms with Gasteiger partial charge in [0.05, 0.1) is 4.90 Å². The number of benzene rings is 1. The second kappa shape index (κ2) is 6.91. The van der Waals surface area contributed by atoms with Crippen LogP contribution in [0.2, 0.25) is 0 Å². The van der Waals surface area contributed by atoms with Crippen molar-refractivity contribution in [3.05, 3.63) is 23.8 Å². The lowest BCUT2D eigenvalue weighted by Gasteiger charge is -2.19. The van der Waals surface area contributed by atoms with Crippen molar-refractivity contribution in [2.24, 2.45) is 0 Å². The van der Waals surface area contributed by atoms with Gasteiger partial charge in [0.2, 0.25) is 10.0 Å². The smallest absolute Gasteiger partial charge is 0.240 e. The van der Waals surface area contributed by atoms with Crippen LogP contribution in [0, 0.1) is 6.92 Å². The van der Waals surface area contributed by atoms with Gasteiger partial charge in [0, 0.05) is 11.7 Å². The van der Waals surface area contributed by atoms with Crippen molar-refractivity contribution in [3.63, 3.8) is 0 Å². The molecule has 1 atom stereocenters. The highest BCUT2D eigenvalue weighted by Gasteiger charge is 2.14. The molecular formula is C14H24N2O2S. The quantitative estimate of drug-likeness (QED) is 0.809. The van der Waals surface area contributed by atoms with Crippen molar-refractivity contribution < 1.29 is 8.42 Å². The molecule has 0 aromatic heterocycles. The SMILES string of the molecule is CCCC(CC)Nc1cc(S(=O)(=O)NC)ccc1C. The van der Waals surface area contributed by atoms with Gasteiger partial charge in [-0.1, -0.05) is 26.3 Å². The molecule has 0 saturated heterocycles. The highest BCUT2D eigenvalue weighted by molar-refractivity contribution is 7.89. The molecule has 1 aromatic rings. The van der Waals surface area contributed by atoms with Gasteiger partial charge in [0.15, 0.2) is 0 Å². The summed E-state index contributed by atoms with van der Waals surface area (Å²) < 4.78 is 26.0. The van der Waals surface area contributed by atoms with Crippen molar-refractivity contribution >= 4 is 15.7 Å². The van der Waals surface area contributed by atoms with Crippen LogP contribution in [-0.4, -0.2) is 21.5 Å². The maximum atomic E-state index is 11.8. The zero-order valence-electron chi connectivity index (χ0n) is 12.2. The minimum Gasteiger partial charge on any atom is -0.382 e. The van der Waals surface area contributed by atoms with Crippen LogP contribution in [0.4, 0.5) is 5.69 Å². The van der Waals surface area contributed by atoms with Crippen LogP contribution < -0.4 is 10.0 Å². The van der Waals surface area contributed by atoms with Crippen molar-refractivity contribution in [2.45, 2.75) is 51.0 Å². The summed E-state index contributed by atoms with van der Waals surface area (Å²) >= 11 is 0. The second-order valence-corrected chi connectivity index (χ2v) is 6.61. The highest BCUT2D eigenvalue weighted by Crippen LogP contribution is 2.22. The van der Waals surface area contributed by atoms with Gasteiger partial charge < -0.3 is 5.32 Å². The van der Waals surface area contributed by atoms with E-state index in [1.165, 1.54) is 7.05 Å². The zero-order valence-corrected chi connectivity index (χ0v) is 13.0. The average Bonchev–Trinajstić information content (AvgIpc) is 2.40. The molecule has 1 aromatic carbocycles. The Morgan fingerprint density at radius 2 is 1.95 bits per heavy atom. The Labute approximate surface area is 116 Å². The third-order valence-electron chi connectivity index (χ3n) is 3.28. The lowest BCUT2D eigenvalue weighted by Crippen LogP contribution is -2.21. The maximum absolute atomic E-state index is 11.8. The summed E-state index contributed by atoms with van der Waals surface area (Å²) in [6.07, 6.45) is 3.22. The number of rotatable bonds is 7. The molecule has 0 aliphatic rings. The molecule has 0 radical (unpaired) electrons. The van der Waals surface area contributed by atoms with Crippen molar-refractivity contribution in [3.8, 4) is 0 Å². The summed E-state index contributed by atoms with van der Waals surface area (Å²) in [4.78, 5) is 0.300. The van der Waals surface area contributed by atoms with Gasteiger partial charge in [0.25, 0.3) is 0 Å². The van der Waals surface area contributed by atoms with Crippen LogP contribution in [0.1, 0.15) is 38.7 Å². The summed E-state index contributed by atoms with van der Waals surface area (Å²) in [6.45, 7) is 6.27. The molecule has 0 aliphatic heterocycles. The van der Waals surface area contributed by atoms with Crippen LogP contribution >= 0.6 is 0 Å². The monoisotopic (exact) mass is 284 g/mol. The highest BCUT2D eigenvalue weighted by atomic mass is 32.2. The summed E-state index contributed by atoms with van der Waals surface area (Å²) in [6, 6.07) is 5.56. The van der Waals surface area contributed by atoms with Gasteiger partial charge in [-0.25, -0.2) is 13.1 Å². The zero-order chi connectivity index (χ0) is 14.5. The van der Waals surface area contributed by atoms with Crippen LogP contribution in [0.25, 0.3) is 0 Å². The molecule has 108 valence electrons. The van der Waals surface area contributed by atoms with E-state index in [9.17, 15) is 8.42 Å². The van der Waals surface area contributed by atoms with Gasteiger partial charge in [-0.3, -0.25) is 0 Å². The Bertz CT molecular complexity index is 512. The van der Waals surface area contributed by atoms with Crippen molar-refractivity contribution in [1.82, 2.24) is 4.72 Å². The largest absolute Gasteiger partial charge is 0.382 e. The van der Waals surface area contributed by atoms with Crippen LogP contribution in [-0.2, 0) is 10.0 Å². The van der Waals surface area contributed by atoms with Crippen LogP contribution in [0.3, 0.4) is 0 Å². The Kier molecular flexibility index (Phi) is 5.82. The number of hydrogen-bond acceptors (Lipinski definition) is 3. The van der Waals surface area contributed by atoms with Crippen LogP contribution in [0.5, 0.6) is 0 Å².